The molecule has 0 aromatic heterocycles. The third-order valence-electron chi connectivity index (χ3n) is 10.0. The van der Waals surface area contributed by atoms with E-state index < -0.39 is 0 Å². The van der Waals surface area contributed by atoms with E-state index in [0.717, 1.165) is 33.6 Å². The van der Waals surface area contributed by atoms with E-state index in [2.05, 4.69) is 95.9 Å². The highest BCUT2D eigenvalue weighted by Gasteiger charge is 2.44. The van der Waals surface area contributed by atoms with Gasteiger partial charge in [-0.05, 0) is 34.4 Å². The minimum absolute atomic E-state index is 0.0149. The molecule has 3 unspecified atom stereocenters. The molecule has 0 radical (unpaired) electrons. The molecule has 7 aromatic carbocycles. The van der Waals surface area contributed by atoms with Crippen LogP contribution in [-0.2, 0) is 0 Å². The van der Waals surface area contributed by atoms with Gasteiger partial charge >= 0.3 is 0 Å². The lowest BCUT2D eigenvalue weighted by molar-refractivity contribution is 0.103. The fraction of sp³-hybridized carbons (Fsp3) is 0.0612. The van der Waals surface area contributed by atoms with Gasteiger partial charge in [0.2, 0.25) is 0 Å². The average molecular weight is 672 g/mol. The zero-order valence-electron chi connectivity index (χ0n) is 28.6. The molecule has 8 rings (SSSR count). The molecule has 0 saturated heterocycles. The number of ketones is 2. The van der Waals surface area contributed by atoms with Gasteiger partial charge in [-0.25, -0.2) is 0 Å². The van der Waals surface area contributed by atoms with Gasteiger partial charge in [-0.1, -0.05) is 194 Å². The summed E-state index contributed by atoms with van der Waals surface area (Å²) in [5, 5.41) is 0. The van der Waals surface area contributed by atoms with Crippen molar-refractivity contribution in [1.29, 1.82) is 0 Å². The van der Waals surface area contributed by atoms with Crippen molar-refractivity contribution in [3.05, 3.63) is 251 Å². The van der Waals surface area contributed by atoms with E-state index in [-0.39, 0.29) is 29.4 Å². The lowest BCUT2D eigenvalue weighted by atomic mass is 9.69. The van der Waals surface area contributed by atoms with E-state index in [1.807, 2.05) is 115 Å². The first-order valence-electron chi connectivity index (χ1n) is 17.7. The highest BCUT2D eigenvalue weighted by Crippen LogP contribution is 2.55. The molecule has 0 aliphatic carbocycles. The molecule has 0 saturated carbocycles. The van der Waals surface area contributed by atoms with Crippen molar-refractivity contribution in [3.8, 4) is 0 Å². The molecular weight excluding hydrogens is 635 g/mol. The second kappa shape index (κ2) is 14.7. The van der Waals surface area contributed by atoms with Crippen LogP contribution in [0.4, 0.5) is 5.69 Å². The first kappa shape index (κ1) is 32.6. The summed E-state index contributed by atoms with van der Waals surface area (Å²) in [6, 6.07) is 66.2. The first-order chi connectivity index (χ1) is 25.7. The number of nitrogens with zero attached hydrogens (tertiary/aromatic N) is 1. The van der Waals surface area contributed by atoms with Gasteiger partial charge in [-0.2, -0.15) is 0 Å². The molecule has 3 nitrogen and oxygen atoms in total. The summed E-state index contributed by atoms with van der Waals surface area (Å²) in [6.07, 6.45) is 2.35. The maximum Gasteiger partial charge on any atom is 0.195 e. The molecule has 52 heavy (non-hydrogen) atoms. The van der Waals surface area contributed by atoms with Crippen LogP contribution < -0.4 is 4.90 Å². The fourth-order valence-corrected chi connectivity index (χ4v) is 7.69. The molecule has 0 amide bonds. The molecule has 1 aliphatic heterocycles. The third-order valence-corrected chi connectivity index (χ3v) is 10.0. The van der Waals surface area contributed by atoms with Crippen molar-refractivity contribution >= 4 is 23.0 Å². The Labute approximate surface area is 305 Å². The Morgan fingerprint density at radius 3 is 1.46 bits per heavy atom. The number of carbonyl (C=O) groups excluding carboxylic acids is 2. The summed E-state index contributed by atoms with van der Waals surface area (Å²) < 4.78 is 0. The summed E-state index contributed by atoms with van der Waals surface area (Å²) in [5.74, 6) is -0.420. The first-order valence-corrected chi connectivity index (χ1v) is 17.7. The predicted octanol–water partition coefficient (Wildman–Crippen LogP) is 11.3. The van der Waals surface area contributed by atoms with Crippen LogP contribution >= 0.6 is 0 Å². The fourth-order valence-electron chi connectivity index (χ4n) is 7.69. The number of hydrogen-bond donors (Lipinski definition) is 0. The molecule has 1 heterocycles. The van der Waals surface area contributed by atoms with Gasteiger partial charge in [0.05, 0.1) is 11.7 Å². The van der Waals surface area contributed by atoms with Gasteiger partial charge in [0, 0.05) is 39.8 Å². The van der Waals surface area contributed by atoms with Crippen LogP contribution in [0, 0.1) is 0 Å². The van der Waals surface area contributed by atoms with E-state index in [1.54, 1.807) is 0 Å². The zero-order valence-corrected chi connectivity index (χ0v) is 28.6. The Hall–Kier alpha value is -6.58. The largest absolute Gasteiger partial charge is 0.332 e. The van der Waals surface area contributed by atoms with Crippen molar-refractivity contribution in [2.24, 2.45) is 0 Å². The SMILES string of the molecule is O=C(c1ccccc1)c1ccccc1C1C(c2ccccc2)C=C(c2ccccc2)N(c2ccccc2C(=O)c2ccccc2)C1c1ccccc1. The van der Waals surface area contributed by atoms with Crippen LogP contribution in [0.5, 0.6) is 0 Å². The molecule has 0 spiro atoms. The summed E-state index contributed by atoms with van der Waals surface area (Å²) >= 11 is 0. The Bertz CT molecular complexity index is 2340. The molecule has 0 fully saturated rings. The standard InChI is InChI=1S/C49H37NO2/c51-48(38-26-12-4-13-27-38)41-31-17-16-30-40(41)46-43(35-20-6-1-7-21-35)34-45(36-22-8-2-9-23-36)50(47(46)37-24-10-3-11-25-37)44-33-19-18-32-42(44)49(52)39-28-14-5-15-29-39/h1-34,43,46-47H. The van der Waals surface area contributed by atoms with Crippen molar-refractivity contribution < 1.29 is 9.59 Å². The van der Waals surface area contributed by atoms with E-state index in [0.29, 0.717) is 22.3 Å². The Morgan fingerprint density at radius 1 is 0.423 bits per heavy atom. The van der Waals surface area contributed by atoms with Crippen LogP contribution in [0.25, 0.3) is 5.70 Å². The van der Waals surface area contributed by atoms with Gasteiger partial charge in [0.15, 0.2) is 11.6 Å². The van der Waals surface area contributed by atoms with Crippen molar-refractivity contribution in [3.63, 3.8) is 0 Å². The Balaban J connectivity index is 1.45. The molecule has 0 bridgehead atoms. The quantitative estimate of drug-likeness (QED) is 0.143. The summed E-state index contributed by atoms with van der Waals surface area (Å²) in [5.41, 5.74) is 8.60. The summed E-state index contributed by atoms with van der Waals surface area (Å²) in [6.45, 7) is 0. The predicted molar refractivity (Wildman–Crippen MR) is 211 cm³/mol. The van der Waals surface area contributed by atoms with Gasteiger partial charge in [-0.3, -0.25) is 9.59 Å². The van der Waals surface area contributed by atoms with E-state index in [9.17, 15) is 9.59 Å². The van der Waals surface area contributed by atoms with Gasteiger partial charge in [0.25, 0.3) is 0 Å². The van der Waals surface area contributed by atoms with Crippen molar-refractivity contribution in [2.45, 2.75) is 17.9 Å². The molecule has 7 aromatic rings. The maximum absolute atomic E-state index is 14.5. The average Bonchev–Trinajstić information content (AvgIpc) is 3.24. The van der Waals surface area contributed by atoms with Gasteiger partial charge in [0.1, 0.15) is 0 Å². The van der Waals surface area contributed by atoms with Crippen LogP contribution in [0.2, 0.25) is 0 Å². The summed E-state index contributed by atoms with van der Waals surface area (Å²) in [7, 11) is 0. The van der Waals surface area contributed by atoms with Crippen LogP contribution in [0.1, 0.15) is 72.0 Å². The van der Waals surface area contributed by atoms with Gasteiger partial charge < -0.3 is 4.90 Å². The smallest absolute Gasteiger partial charge is 0.195 e. The normalized spacial score (nSPS) is 16.9. The number of anilines is 1. The molecule has 3 atom stereocenters. The number of para-hydroxylation sites is 1. The van der Waals surface area contributed by atoms with Crippen molar-refractivity contribution in [2.75, 3.05) is 4.90 Å². The van der Waals surface area contributed by atoms with Crippen LogP contribution in [0.3, 0.4) is 0 Å². The number of benzene rings is 7. The number of allylic oxidation sites excluding steroid dienone is 1. The topological polar surface area (TPSA) is 37.4 Å². The van der Waals surface area contributed by atoms with Crippen LogP contribution in [0.15, 0.2) is 206 Å². The van der Waals surface area contributed by atoms with E-state index >= 15 is 0 Å². The molecule has 0 N–H and O–H groups in total. The molecule has 250 valence electrons. The minimum atomic E-state index is -0.318. The zero-order chi connectivity index (χ0) is 35.3. The lowest BCUT2D eigenvalue weighted by Crippen LogP contribution is -2.39. The second-order valence-corrected chi connectivity index (χ2v) is 13.1. The Kier molecular flexibility index (Phi) is 9.23. The molecule has 1 aliphatic rings. The number of carbonyl (C=O) groups is 2. The monoisotopic (exact) mass is 671 g/mol. The highest BCUT2D eigenvalue weighted by atomic mass is 16.1. The highest BCUT2D eigenvalue weighted by molar-refractivity contribution is 6.13. The second-order valence-electron chi connectivity index (χ2n) is 13.1. The van der Waals surface area contributed by atoms with Crippen molar-refractivity contribution in [1.82, 2.24) is 0 Å². The molecular formula is C49H37NO2. The Morgan fingerprint density at radius 2 is 0.865 bits per heavy atom. The van der Waals surface area contributed by atoms with E-state index in [1.165, 1.54) is 0 Å². The number of hydrogen-bond acceptors (Lipinski definition) is 3. The van der Waals surface area contributed by atoms with E-state index in [4.69, 9.17) is 0 Å². The summed E-state index contributed by atoms with van der Waals surface area (Å²) in [4.78, 5) is 31.3. The lowest BCUT2D eigenvalue weighted by Gasteiger charge is -2.48. The maximum atomic E-state index is 14.5. The van der Waals surface area contributed by atoms with Crippen LogP contribution in [-0.4, -0.2) is 11.6 Å². The number of rotatable bonds is 9. The third kappa shape index (κ3) is 6.29. The minimum Gasteiger partial charge on any atom is -0.332 e. The van der Waals surface area contributed by atoms with Gasteiger partial charge in [-0.15, -0.1) is 0 Å². The molecule has 3 heteroatoms.